The van der Waals surface area contributed by atoms with Gasteiger partial charge in [-0.3, -0.25) is 0 Å². The lowest BCUT2D eigenvalue weighted by atomic mass is 10.1. The van der Waals surface area contributed by atoms with Crippen LogP contribution in [0.1, 0.15) is 5.82 Å². The lowest BCUT2D eigenvalue weighted by molar-refractivity contribution is 0.886. The minimum absolute atomic E-state index is 0.516. The van der Waals surface area contributed by atoms with Crippen LogP contribution in [0.3, 0.4) is 0 Å². The predicted molar refractivity (Wildman–Crippen MR) is 72.1 cm³/mol. The summed E-state index contributed by atoms with van der Waals surface area (Å²) < 4.78 is 3.88. The van der Waals surface area contributed by atoms with Crippen LogP contribution in [-0.2, 0) is 14.1 Å². The van der Waals surface area contributed by atoms with Crippen molar-refractivity contribution in [1.29, 1.82) is 0 Å². The molecule has 0 saturated heterocycles. The lowest BCUT2D eigenvalue weighted by Gasteiger charge is -1.98. The van der Waals surface area contributed by atoms with Gasteiger partial charge in [-0.2, -0.15) is 0 Å². The summed E-state index contributed by atoms with van der Waals surface area (Å²) in [6.07, 6.45) is 1.92. The molecule has 0 fully saturated rings. The monoisotopic (exact) mass is 241 g/mol. The van der Waals surface area contributed by atoms with Gasteiger partial charge in [0.2, 0.25) is 0 Å². The van der Waals surface area contributed by atoms with E-state index < -0.39 is 0 Å². The first kappa shape index (κ1) is 10.8. The van der Waals surface area contributed by atoms with Crippen LogP contribution >= 0.6 is 0 Å². The highest BCUT2D eigenvalue weighted by Gasteiger charge is 2.08. The second kappa shape index (κ2) is 3.60. The number of hydrogen-bond acceptors (Lipinski definition) is 3. The molecule has 0 bridgehead atoms. The number of hydrogen-bond donors (Lipinski definition) is 1. The average Bonchev–Trinajstić information content (AvgIpc) is 2.81. The molecule has 1 aromatic carbocycles. The van der Waals surface area contributed by atoms with E-state index in [9.17, 15) is 0 Å². The first-order valence-corrected chi connectivity index (χ1v) is 5.78. The molecule has 2 aromatic heterocycles. The fourth-order valence-corrected chi connectivity index (χ4v) is 2.10. The molecule has 0 aliphatic carbocycles. The van der Waals surface area contributed by atoms with E-state index in [0.717, 1.165) is 28.1 Å². The zero-order valence-electron chi connectivity index (χ0n) is 10.7. The van der Waals surface area contributed by atoms with Crippen LogP contribution < -0.4 is 5.73 Å². The average molecular weight is 241 g/mol. The van der Waals surface area contributed by atoms with Crippen molar-refractivity contribution in [2.75, 3.05) is 5.73 Å². The van der Waals surface area contributed by atoms with Crippen molar-refractivity contribution in [2.45, 2.75) is 6.92 Å². The third-order valence-electron chi connectivity index (χ3n) is 3.31. The lowest BCUT2D eigenvalue weighted by Crippen LogP contribution is -1.94. The fraction of sp³-hybridized carbons (Fsp3) is 0.231. The highest BCUT2D eigenvalue weighted by Crippen LogP contribution is 2.24. The number of anilines is 1. The molecule has 2 heterocycles. The number of nitrogens with two attached hydrogens (primary N) is 1. The number of benzene rings is 1. The number of fused-ring (bicyclic) bond motifs is 1. The normalized spacial score (nSPS) is 11.3. The molecule has 2 N–H and O–H groups in total. The third-order valence-corrected chi connectivity index (χ3v) is 3.31. The van der Waals surface area contributed by atoms with Crippen LogP contribution in [-0.4, -0.2) is 19.1 Å². The van der Waals surface area contributed by atoms with E-state index >= 15 is 0 Å². The second-order valence-electron chi connectivity index (χ2n) is 4.52. The van der Waals surface area contributed by atoms with E-state index in [1.807, 2.05) is 43.9 Å². The SMILES string of the molecule is Cc1nc2cc(-c3cn(C)c(N)n3)ccc2n1C. The molecular weight excluding hydrogens is 226 g/mol. The maximum absolute atomic E-state index is 5.75. The Labute approximate surface area is 105 Å². The smallest absolute Gasteiger partial charge is 0.200 e. The molecule has 3 rings (SSSR count). The first-order valence-electron chi connectivity index (χ1n) is 5.78. The van der Waals surface area contributed by atoms with Crippen LogP contribution in [0, 0.1) is 6.92 Å². The molecule has 0 atom stereocenters. The van der Waals surface area contributed by atoms with Gasteiger partial charge < -0.3 is 14.9 Å². The second-order valence-corrected chi connectivity index (χ2v) is 4.52. The van der Waals surface area contributed by atoms with Crippen molar-refractivity contribution in [3.63, 3.8) is 0 Å². The standard InChI is InChI=1S/C13H15N5/c1-8-15-10-6-9(4-5-12(10)18(8)3)11-7-17(2)13(14)16-11/h4-7H,1-3H3,(H2,14,16). The Morgan fingerprint density at radius 3 is 2.61 bits per heavy atom. The summed E-state index contributed by atoms with van der Waals surface area (Å²) in [5.74, 6) is 1.52. The largest absolute Gasteiger partial charge is 0.369 e. The Balaban J connectivity index is 2.19. The summed E-state index contributed by atoms with van der Waals surface area (Å²) in [6, 6.07) is 6.16. The molecule has 0 aliphatic rings. The van der Waals surface area contributed by atoms with Crippen LogP contribution in [0.15, 0.2) is 24.4 Å². The Hall–Kier alpha value is -2.30. The van der Waals surface area contributed by atoms with Gasteiger partial charge in [0, 0.05) is 25.9 Å². The van der Waals surface area contributed by atoms with Crippen molar-refractivity contribution in [3.8, 4) is 11.3 Å². The topological polar surface area (TPSA) is 61.7 Å². The predicted octanol–water partition coefficient (Wildman–Crippen LogP) is 1.86. The summed E-state index contributed by atoms with van der Waals surface area (Å²) >= 11 is 0. The molecule has 5 heteroatoms. The van der Waals surface area contributed by atoms with Gasteiger partial charge in [0.25, 0.3) is 0 Å². The van der Waals surface area contributed by atoms with Crippen molar-refractivity contribution < 1.29 is 0 Å². The quantitative estimate of drug-likeness (QED) is 0.707. The molecule has 18 heavy (non-hydrogen) atoms. The summed E-state index contributed by atoms with van der Waals surface area (Å²) in [5, 5.41) is 0. The van der Waals surface area contributed by atoms with Gasteiger partial charge in [0.15, 0.2) is 5.95 Å². The Kier molecular flexibility index (Phi) is 2.16. The Bertz CT molecular complexity index is 716. The van der Waals surface area contributed by atoms with Crippen molar-refractivity contribution in [3.05, 3.63) is 30.2 Å². The van der Waals surface area contributed by atoms with Crippen LogP contribution in [0.2, 0.25) is 0 Å². The molecule has 5 nitrogen and oxygen atoms in total. The van der Waals surface area contributed by atoms with E-state index in [-0.39, 0.29) is 0 Å². The zero-order valence-corrected chi connectivity index (χ0v) is 10.7. The third kappa shape index (κ3) is 1.48. The molecule has 0 saturated carbocycles. The first-order chi connectivity index (χ1) is 8.56. The summed E-state index contributed by atoms with van der Waals surface area (Å²) in [5.41, 5.74) is 9.77. The minimum atomic E-state index is 0.516. The van der Waals surface area contributed by atoms with Crippen LogP contribution in [0.5, 0.6) is 0 Å². The van der Waals surface area contributed by atoms with Crippen molar-refractivity contribution in [2.24, 2.45) is 14.1 Å². The van der Waals surface area contributed by atoms with Crippen molar-refractivity contribution in [1.82, 2.24) is 19.1 Å². The van der Waals surface area contributed by atoms with Gasteiger partial charge in [-0.1, -0.05) is 6.07 Å². The molecule has 0 aliphatic heterocycles. The number of nitrogens with zero attached hydrogens (tertiary/aromatic N) is 4. The number of nitrogen functional groups attached to an aromatic ring is 1. The van der Waals surface area contributed by atoms with E-state index in [0.29, 0.717) is 5.95 Å². The van der Waals surface area contributed by atoms with Gasteiger partial charge >= 0.3 is 0 Å². The Morgan fingerprint density at radius 1 is 1.17 bits per heavy atom. The minimum Gasteiger partial charge on any atom is -0.369 e. The van der Waals surface area contributed by atoms with Gasteiger partial charge in [0.1, 0.15) is 5.82 Å². The molecule has 3 aromatic rings. The number of aryl methyl sites for hydroxylation is 3. The molecular formula is C13H15N5. The summed E-state index contributed by atoms with van der Waals surface area (Å²) in [6.45, 7) is 2.00. The molecule has 0 radical (unpaired) electrons. The highest BCUT2D eigenvalue weighted by molar-refractivity contribution is 5.81. The maximum Gasteiger partial charge on any atom is 0.200 e. The summed E-state index contributed by atoms with van der Waals surface area (Å²) in [7, 11) is 3.90. The fourth-order valence-electron chi connectivity index (χ4n) is 2.10. The van der Waals surface area contributed by atoms with Crippen LogP contribution in [0.4, 0.5) is 5.95 Å². The van der Waals surface area contributed by atoms with Gasteiger partial charge in [-0.05, 0) is 19.1 Å². The molecule has 92 valence electrons. The van der Waals surface area contributed by atoms with Gasteiger partial charge in [-0.15, -0.1) is 0 Å². The number of aromatic nitrogens is 4. The van der Waals surface area contributed by atoms with E-state index in [1.54, 1.807) is 0 Å². The summed E-state index contributed by atoms with van der Waals surface area (Å²) in [4.78, 5) is 8.85. The number of rotatable bonds is 1. The zero-order chi connectivity index (χ0) is 12.9. The van der Waals surface area contributed by atoms with E-state index in [1.165, 1.54) is 0 Å². The van der Waals surface area contributed by atoms with Gasteiger partial charge in [0.05, 0.1) is 16.7 Å². The molecule has 0 spiro atoms. The van der Waals surface area contributed by atoms with Gasteiger partial charge in [-0.25, -0.2) is 9.97 Å². The maximum atomic E-state index is 5.75. The molecule has 0 unspecified atom stereocenters. The van der Waals surface area contributed by atoms with E-state index in [2.05, 4.69) is 20.6 Å². The number of imidazole rings is 2. The van der Waals surface area contributed by atoms with Crippen molar-refractivity contribution >= 4 is 17.0 Å². The Morgan fingerprint density at radius 2 is 1.94 bits per heavy atom. The van der Waals surface area contributed by atoms with Crippen LogP contribution in [0.25, 0.3) is 22.3 Å². The molecule has 0 amide bonds. The highest BCUT2D eigenvalue weighted by atomic mass is 15.1. The van der Waals surface area contributed by atoms with E-state index in [4.69, 9.17) is 5.73 Å².